The molecule has 12 heavy (non-hydrogen) atoms. The third-order valence-corrected chi connectivity index (χ3v) is 2.45. The van der Waals surface area contributed by atoms with Crippen LogP contribution in [0.25, 0.3) is 0 Å². The van der Waals surface area contributed by atoms with Crippen LogP contribution < -0.4 is 5.73 Å². The summed E-state index contributed by atoms with van der Waals surface area (Å²) < 4.78 is 0. The van der Waals surface area contributed by atoms with Crippen molar-refractivity contribution in [1.82, 2.24) is 4.90 Å². The monoisotopic (exact) mass is 170 g/mol. The largest absolute Gasteiger partial charge is 0.329 e. The zero-order chi connectivity index (χ0) is 9.19. The van der Waals surface area contributed by atoms with Gasteiger partial charge in [0, 0.05) is 19.1 Å². The Hall–Kier alpha value is -0.0800. The Morgan fingerprint density at radius 1 is 1.42 bits per heavy atom. The van der Waals surface area contributed by atoms with Gasteiger partial charge in [-0.1, -0.05) is 20.8 Å². The zero-order valence-corrected chi connectivity index (χ0v) is 8.64. The molecule has 0 amide bonds. The number of nitrogens with zero attached hydrogens (tertiary/aromatic N) is 1. The SMILES string of the molecule is CC(C)(C)CN1CCCC1CN. The van der Waals surface area contributed by atoms with Crippen LogP contribution in [0.1, 0.15) is 33.6 Å². The Labute approximate surface area is 76.1 Å². The minimum Gasteiger partial charge on any atom is -0.329 e. The molecule has 0 spiro atoms. The fourth-order valence-corrected chi connectivity index (χ4v) is 1.98. The molecule has 0 aromatic heterocycles. The lowest BCUT2D eigenvalue weighted by Crippen LogP contribution is -2.40. The maximum absolute atomic E-state index is 5.70. The molecule has 0 bridgehead atoms. The lowest BCUT2D eigenvalue weighted by molar-refractivity contribution is 0.180. The fourth-order valence-electron chi connectivity index (χ4n) is 1.98. The molecule has 0 aromatic carbocycles. The van der Waals surface area contributed by atoms with E-state index in [1.165, 1.54) is 25.9 Å². The molecule has 0 aliphatic carbocycles. The van der Waals surface area contributed by atoms with Crippen LogP contribution in [0.15, 0.2) is 0 Å². The molecule has 1 heterocycles. The van der Waals surface area contributed by atoms with Gasteiger partial charge in [-0.3, -0.25) is 4.90 Å². The highest BCUT2D eigenvalue weighted by Crippen LogP contribution is 2.22. The number of hydrogen-bond acceptors (Lipinski definition) is 2. The van der Waals surface area contributed by atoms with Gasteiger partial charge in [0.1, 0.15) is 0 Å². The van der Waals surface area contributed by atoms with Crippen LogP contribution >= 0.6 is 0 Å². The summed E-state index contributed by atoms with van der Waals surface area (Å²) in [5.41, 5.74) is 6.12. The van der Waals surface area contributed by atoms with Crippen LogP contribution in [0.3, 0.4) is 0 Å². The van der Waals surface area contributed by atoms with Gasteiger partial charge < -0.3 is 5.73 Å². The topological polar surface area (TPSA) is 29.3 Å². The van der Waals surface area contributed by atoms with Crippen molar-refractivity contribution in [1.29, 1.82) is 0 Å². The molecule has 1 saturated heterocycles. The smallest absolute Gasteiger partial charge is 0.0219 e. The maximum atomic E-state index is 5.70. The average molecular weight is 170 g/mol. The summed E-state index contributed by atoms with van der Waals surface area (Å²) in [5.74, 6) is 0. The Morgan fingerprint density at radius 3 is 2.58 bits per heavy atom. The van der Waals surface area contributed by atoms with E-state index in [1.54, 1.807) is 0 Å². The number of rotatable bonds is 2. The molecular weight excluding hydrogens is 148 g/mol. The third kappa shape index (κ3) is 2.76. The summed E-state index contributed by atoms with van der Waals surface area (Å²) in [7, 11) is 0. The van der Waals surface area contributed by atoms with Crippen molar-refractivity contribution in [2.45, 2.75) is 39.7 Å². The molecule has 1 aliphatic rings. The molecule has 1 rings (SSSR count). The highest BCUT2D eigenvalue weighted by molar-refractivity contribution is 4.82. The molecule has 2 nitrogen and oxygen atoms in total. The van der Waals surface area contributed by atoms with Crippen LogP contribution in [-0.4, -0.2) is 30.6 Å². The maximum Gasteiger partial charge on any atom is 0.0219 e. The van der Waals surface area contributed by atoms with E-state index in [0.29, 0.717) is 11.5 Å². The number of nitrogens with two attached hydrogens (primary N) is 1. The summed E-state index contributed by atoms with van der Waals surface area (Å²) in [4.78, 5) is 2.54. The minimum atomic E-state index is 0.414. The van der Waals surface area contributed by atoms with Gasteiger partial charge in [0.2, 0.25) is 0 Å². The van der Waals surface area contributed by atoms with Crippen LogP contribution in [0, 0.1) is 5.41 Å². The third-order valence-electron chi connectivity index (χ3n) is 2.45. The minimum absolute atomic E-state index is 0.414. The van der Waals surface area contributed by atoms with E-state index in [9.17, 15) is 0 Å². The highest BCUT2D eigenvalue weighted by Gasteiger charge is 2.26. The molecular formula is C10H22N2. The second-order valence-corrected chi connectivity index (χ2v) is 5.06. The number of hydrogen-bond donors (Lipinski definition) is 1. The Morgan fingerprint density at radius 2 is 2.08 bits per heavy atom. The molecule has 1 atom stereocenters. The van der Waals surface area contributed by atoms with Gasteiger partial charge in [-0.25, -0.2) is 0 Å². The lowest BCUT2D eigenvalue weighted by atomic mass is 9.96. The first-order chi connectivity index (χ1) is 5.53. The Balaban J connectivity index is 2.41. The van der Waals surface area contributed by atoms with Crippen molar-refractivity contribution in [2.75, 3.05) is 19.6 Å². The fraction of sp³-hybridized carbons (Fsp3) is 1.00. The van der Waals surface area contributed by atoms with Crippen LogP contribution in [-0.2, 0) is 0 Å². The van der Waals surface area contributed by atoms with E-state index in [-0.39, 0.29) is 0 Å². The summed E-state index contributed by atoms with van der Waals surface area (Å²) >= 11 is 0. The number of likely N-dealkylation sites (tertiary alicyclic amines) is 1. The van der Waals surface area contributed by atoms with Gasteiger partial charge >= 0.3 is 0 Å². The van der Waals surface area contributed by atoms with Crippen molar-refractivity contribution in [2.24, 2.45) is 11.1 Å². The van der Waals surface area contributed by atoms with Crippen molar-refractivity contribution < 1.29 is 0 Å². The van der Waals surface area contributed by atoms with Gasteiger partial charge in [-0.15, -0.1) is 0 Å². The van der Waals surface area contributed by atoms with E-state index in [2.05, 4.69) is 25.7 Å². The highest BCUT2D eigenvalue weighted by atomic mass is 15.2. The first kappa shape index (κ1) is 10.0. The normalized spacial score (nSPS) is 26.5. The predicted octanol–water partition coefficient (Wildman–Crippen LogP) is 1.46. The first-order valence-corrected chi connectivity index (χ1v) is 4.97. The van der Waals surface area contributed by atoms with Crippen LogP contribution in [0.2, 0.25) is 0 Å². The summed E-state index contributed by atoms with van der Waals surface area (Å²) in [6.45, 7) is 10.1. The Kier molecular flexibility index (Phi) is 3.13. The van der Waals surface area contributed by atoms with Crippen molar-refractivity contribution in [3.63, 3.8) is 0 Å². The van der Waals surface area contributed by atoms with E-state index < -0.39 is 0 Å². The second kappa shape index (κ2) is 3.75. The van der Waals surface area contributed by atoms with Gasteiger partial charge in [0.05, 0.1) is 0 Å². The quantitative estimate of drug-likeness (QED) is 0.680. The van der Waals surface area contributed by atoms with E-state index in [0.717, 1.165) is 6.54 Å². The van der Waals surface area contributed by atoms with Crippen molar-refractivity contribution in [3.8, 4) is 0 Å². The molecule has 72 valence electrons. The molecule has 0 aromatic rings. The van der Waals surface area contributed by atoms with Gasteiger partial charge in [0.25, 0.3) is 0 Å². The molecule has 1 aliphatic heterocycles. The van der Waals surface area contributed by atoms with E-state index in [4.69, 9.17) is 5.73 Å². The molecule has 2 N–H and O–H groups in total. The van der Waals surface area contributed by atoms with Crippen LogP contribution in [0.5, 0.6) is 0 Å². The lowest BCUT2D eigenvalue weighted by Gasteiger charge is -2.30. The summed E-state index contributed by atoms with van der Waals surface area (Å²) in [6, 6.07) is 0.657. The predicted molar refractivity (Wildman–Crippen MR) is 53.1 cm³/mol. The molecule has 0 radical (unpaired) electrons. The summed E-state index contributed by atoms with van der Waals surface area (Å²) in [6.07, 6.45) is 2.63. The van der Waals surface area contributed by atoms with Crippen molar-refractivity contribution >= 4 is 0 Å². The van der Waals surface area contributed by atoms with Gasteiger partial charge in [-0.2, -0.15) is 0 Å². The van der Waals surface area contributed by atoms with Crippen molar-refractivity contribution in [3.05, 3.63) is 0 Å². The second-order valence-electron chi connectivity index (χ2n) is 5.06. The standard InChI is InChI=1S/C10H22N2/c1-10(2,3)8-12-6-4-5-9(12)7-11/h9H,4-8,11H2,1-3H3. The zero-order valence-electron chi connectivity index (χ0n) is 8.64. The van der Waals surface area contributed by atoms with E-state index >= 15 is 0 Å². The first-order valence-electron chi connectivity index (χ1n) is 4.97. The van der Waals surface area contributed by atoms with E-state index in [1.807, 2.05) is 0 Å². The average Bonchev–Trinajstić information content (AvgIpc) is 2.31. The molecule has 0 saturated carbocycles. The molecule has 1 unspecified atom stereocenters. The molecule has 1 fully saturated rings. The summed E-state index contributed by atoms with van der Waals surface area (Å²) in [5, 5.41) is 0. The van der Waals surface area contributed by atoms with Gasteiger partial charge in [0.15, 0.2) is 0 Å². The molecule has 2 heteroatoms. The van der Waals surface area contributed by atoms with Gasteiger partial charge in [-0.05, 0) is 24.8 Å². The van der Waals surface area contributed by atoms with Crippen LogP contribution in [0.4, 0.5) is 0 Å². The Bertz CT molecular complexity index is 137.